The predicted molar refractivity (Wildman–Crippen MR) is 136 cm³/mol. The van der Waals surface area contributed by atoms with Crippen LogP contribution in [0.5, 0.6) is 0 Å². The smallest absolute Gasteiger partial charge is 0.253 e. The summed E-state index contributed by atoms with van der Waals surface area (Å²) in [5.74, 6) is 0.120. The Morgan fingerprint density at radius 3 is 2.86 bits per heavy atom. The Hall–Kier alpha value is -3.97. The third-order valence-electron chi connectivity index (χ3n) is 6.78. The van der Waals surface area contributed by atoms with Gasteiger partial charge in [-0.2, -0.15) is 0 Å². The second-order valence-corrected chi connectivity index (χ2v) is 9.05. The Morgan fingerprint density at radius 2 is 1.97 bits per heavy atom. The van der Waals surface area contributed by atoms with Crippen molar-refractivity contribution < 1.29 is 14.3 Å². The minimum Gasteiger partial charge on any atom is -0.378 e. The van der Waals surface area contributed by atoms with Crippen molar-refractivity contribution in [3.63, 3.8) is 0 Å². The average molecular weight is 467 g/mol. The highest BCUT2D eigenvalue weighted by molar-refractivity contribution is 6.15. The van der Waals surface area contributed by atoms with Crippen LogP contribution < -0.4 is 5.32 Å². The first kappa shape index (κ1) is 21.6. The van der Waals surface area contributed by atoms with Crippen molar-refractivity contribution in [1.29, 1.82) is 0 Å². The fourth-order valence-electron chi connectivity index (χ4n) is 4.97. The van der Waals surface area contributed by atoms with Crippen molar-refractivity contribution in [2.45, 2.75) is 12.8 Å². The lowest BCUT2D eigenvalue weighted by Crippen LogP contribution is -2.41. The molecule has 0 bridgehead atoms. The number of fused-ring (bicyclic) bond motifs is 5. The van der Waals surface area contributed by atoms with Gasteiger partial charge in [-0.1, -0.05) is 42.5 Å². The number of nitrogens with zero attached hydrogens (tertiary/aromatic N) is 2. The Morgan fingerprint density at radius 1 is 1.09 bits per heavy atom. The maximum Gasteiger partial charge on any atom is 0.253 e. The van der Waals surface area contributed by atoms with Crippen molar-refractivity contribution in [3.05, 3.63) is 76.7 Å². The normalized spacial score (nSPS) is 16.1. The summed E-state index contributed by atoms with van der Waals surface area (Å²) in [5.41, 5.74) is 5.57. The molecule has 2 aliphatic rings. The van der Waals surface area contributed by atoms with E-state index >= 15 is 0 Å². The topological polar surface area (TPSA) is 87.3 Å². The van der Waals surface area contributed by atoms with E-state index < -0.39 is 0 Å². The molecule has 0 aliphatic carbocycles. The van der Waals surface area contributed by atoms with E-state index in [2.05, 4.69) is 21.4 Å². The van der Waals surface area contributed by atoms with Gasteiger partial charge in [0, 0.05) is 54.1 Å². The summed E-state index contributed by atoms with van der Waals surface area (Å²) in [4.78, 5) is 35.0. The first-order valence-electron chi connectivity index (χ1n) is 12.0. The van der Waals surface area contributed by atoms with Crippen LogP contribution >= 0.6 is 0 Å². The number of carbonyl (C=O) groups is 2. The molecule has 7 nitrogen and oxygen atoms in total. The zero-order valence-electron chi connectivity index (χ0n) is 19.3. The zero-order chi connectivity index (χ0) is 23.8. The number of carbonyl (C=O) groups excluding carboxylic acids is 2. The Balaban J connectivity index is 1.26. The third-order valence-corrected chi connectivity index (χ3v) is 6.78. The van der Waals surface area contributed by atoms with Crippen LogP contribution in [0.15, 0.2) is 48.7 Å². The van der Waals surface area contributed by atoms with Gasteiger partial charge in [0.25, 0.3) is 5.91 Å². The highest BCUT2D eigenvalue weighted by Crippen LogP contribution is 2.31. The molecule has 2 N–H and O–H groups in total. The van der Waals surface area contributed by atoms with Gasteiger partial charge in [0.2, 0.25) is 5.91 Å². The first-order valence-corrected chi connectivity index (χ1v) is 12.0. The Kier molecular flexibility index (Phi) is 5.54. The van der Waals surface area contributed by atoms with E-state index in [1.54, 1.807) is 0 Å². The highest BCUT2D eigenvalue weighted by atomic mass is 16.5. The molecule has 0 unspecified atom stereocenters. The van der Waals surface area contributed by atoms with Crippen molar-refractivity contribution in [3.8, 4) is 0 Å². The van der Waals surface area contributed by atoms with Gasteiger partial charge >= 0.3 is 0 Å². The first-order chi connectivity index (χ1) is 17.2. The Labute approximate surface area is 202 Å². The zero-order valence-corrected chi connectivity index (χ0v) is 19.3. The molecule has 6 rings (SSSR count). The number of morpholine rings is 1. The molecule has 1 saturated heterocycles. The molecule has 176 valence electrons. The number of amides is 2. The van der Waals surface area contributed by atoms with Crippen LogP contribution in [0.2, 0.25) is 0 Å². The van der Waals surface area contributed by atoms with E-state index in [-0.39, 0.29) is 11.8 Å². The summed E-state index contributed by atoms with van der Waals surface area (Å²) in [6, 6.07) is 14.1. The van der Waals surface area contributed by atoms with Crippen LogP contribution in [0.1, 0.15) is 32.9 Å². The summed E-state index contributed by atoms with van der Waals surface area (Å²) in [5, 5.41) is 5.96. The molecule has 1 fully saturated rings. The second-order valence-electron chi connectivity index (χ2n) is 9.05. The van der Waals surface area contributed by atoms with Crippen LogP contribution in [-0.2, 0) is 22.4 Å². The third kappa shape index (κ3) is 4.19. The summed E-state index contributed by atoms with van der Waals surface area (Å²) in [6.45, 7) is 3.20. The summed E-state index contributed by atoms with van der Waals surface area (Å²) in [6.07, 6.45) is 7.06. The number of hydrogen-bond donors (Lipinski definition) is 2. The molecular formula is C28H26N4O3. The van der Waals surface area contributed by atoms with Crippen molar-refractivity contribution in [2.75, 3.05) is 32.8 Å². The average Bonchev–Trinajstić information content (AvgIpc) is 3.29. The van der Waals surface area contributed by atoms with E-state index in [1.807, 2.05) is 59.6 Å². The number of benzene rings is 2. The number of rotatable bonds is 4. The second kappa shape index (κ2) is 9.00. The lowest BCUT2D eigenvalue weighted by Gasteiger charge is -2.26. The SMILES string of the molecule is O=C1NCCc2[nH]c3c(ccc4cnc(/C=C/c5cccc(CC(=O)N6CCOCC6)c5)cc43)c21. The molecule has 0 spiro atoms. The maximum atomic E-state index is 12.6. The van der Waals surface area contributed by atoms with Crippen LogP contribution in [-0.4, -0.2) is 59.5 Å². The highest BCUT2D eigenvalue weighted by Gasteiger charge is 2.23. The largest absolute Gasteiger partial charge is 0.378 e. The lowest BCUT2D eigenvalue weighted by molar-refractivity contribution is -0.134. The fourth-order valence-corrected chi connectivity index (χ4v) is 4.97. The van der Waals surface area contributed by atoms with E-state index in [4.69, 9.17) is 4.74 Å². The van der Waals surface area contributed by atoms with Gasteiger partial charge in [-0.05, 0) is 23.3 Å². The quantitative estimate of drug-likeness (QED) is 0.481. The minimum absolute atomic E-state index is 0.0157. The van der Waals surface area contributed by atoms with Crippen LogP contribution in [0.3, 0.4) is 0 Å². The molecular weight excluding hydrogens is 440 g/mol. The Bertz CT molecular complexity index is 1480. The van der Waals surface area contributed by atoms with Crippen LogP contribution in [0.4, 0.5) is 0 Å². The number of hydrogen-bond acceptors (Lipinski definition) is 4. The molecule has 2 amide bonds. The van der Waals surface area contributed by atoms with Gasteiger partial charge in [0.1, 0.15) is 0 Å². The molecule has 35 heavy (non-hydrogen) atoms. The summed E-state index contributed by atoms with van der Waals surface area (Å²) < 4.78 is 5.34. The van der Waals surface area contributed by atoms with Gasteiger partial charge in [-0.15, -0.1) is 0 Å². The van der Waals surface area contributed by atoms with Gasteiger partial charge in [0.05, 0.1) is 36.4 Å². The number of aromatic nitrogens is 2. The fraction of sp³-hybridized carbons (Fsp3) is 0.250. The molecule has 4 aromatic rings. The molecule has 7 heteroatoms. The lowest BCUT2D eigenvalue weighted by atomic mass is 10.0. The van der Waals surface area contributed by atoms with Crippen molar-refractivity contribution >= 4 is 45.6 Å². The van der Waals surface area contributed by atoms with E-state index in [9.17, 15) is 9.59 Å². The van der Waals surface area contributed by atoms with E-state index in [0.29, 0.717) is 39.3 Å². The van der Waals surface area contributed by atoms with Crippen molar-refractivity contribution in [2.24, 2.45) is 0 Å². The number of aromatic amines is 1. The molecule has 0 radical (unpaired) electrons. The number of pyridine rings is 1. The summed E-state index contributed by atoms with van der Waals surface area (Å²) in [7, 11) is 0. The molecule has 0 atom stereocenters. The molecule has 2 aromatic heterocycles. The standard InChI is InChI=1S/C28H26N4O3/c33-25(32-10-12-35-13-11-32)15-19-3-1-2-18(14-19)4-6-21-16-23-20(17-30-21)5-7-22-26-24(31-27(22)23)8-9-29-28(26)34/h1-7,14,16-17,31H,8-13,15H2,(H,29,34)/b6-4+. The van der Waals surface area contributed by atoms with Gasteiger partial charge in [-0.25, -0.2) is 0 Å². The molecule has 0 saturated carbocycles. The van der Waals surface area contributed by atoms with Gasteiger partial charge in [0.15, 0.2) is 0 Å². The molecule has 2 aromatic carbocycles. The predicted octanol–water partition coefficient (Wildman–Crippen LogP) is 3.57. The molecule has 4 heterocycles. The number of nitrogens with one attached hydrogen (secondary N) is 2. The maximum absolute atomic E-state index is 12.6. The number of H-pyrrole nitrogens is 1. The summed E-state index contributed by atoms with van der Waals surface area (Å²) >= 11 is 0. The number of ether oxygens (including phenoxy) is 1. The minimum atomic E-state index is -0.0157. The van der Waals surface area contributed by atoms with E-state index in [0.717, 1.165) is 56.2 Å². The van der Waals surface area contributed by atoms with E-state index in [1.165, 1.54) is 0 Å². The van der Waals surface area contributed by atoms with Gasteiger partial charge in [-0.3, -0.25) is 14.6 Å². The van der Waals surface area contributed by atoms with Crippen LogP contribution in [0.25, 0.3) is 33.8 Å². The van der Waals surface area contributed by atoms with Crippen LogP contribution in [0, 0.1) is 0 Å². The van der Waals surface area contributed by atoms with Crippen molar-refractivity contribution in [1.82, 2.24) is 20.2 Å². The molecule has 2 aliphatic heterocycles. The monoisotopic (exact) mass is 466 g/mol. The van der Waals surface area contributed by atoms with Gasteiger partial charge < -0.3 is 19.9 Å².